The van der Waals surface area contributed by atoms with Gasteiger partial charge in [-0.15, -0.1) is 0 Å². The quantitative estimate of drug-likeness (QED) is 0.905. The van der Waals surface area contributed by atoms with E-state index < -0.39 is 10.0 Å². The zero-order valence-corrected chi connectivity index (χ0v) is 12.4. The molecule has 1 rings (SSSR count). The Labute approximate surface area is 109 Å². The predicted molar refractivity (Wildman–Crippen MR) is 70.0 cm³/mol. The van der Waals surface area contributed by atoms with E-state index in [1.54, 1.807) is 18.7 Å². The van der Waals surface area contributed by atoms with Crippen molar-refractivity contribution in [2.24, 2.45) is 0 Å². The van der Waals surface area contributed by atoms with Crippen LogP contribution in [-0.2, 0) is 10.0 Å². The van der Waals surface area contributed by atoms with Crippen molar-refractivity contribution >= 4 is 44.7 Å². The highest BCUT2D eigenvalue weighted by atomic mass is 35.5. The lowest BCUT2D eigenvalue weighted by Gasteiger charge is -2.09. The molecule has 92 valence electrons. The lowest BCUT2D eigenvalue weighted by molar-refractivity contribution is 0.583. The van der Waals surface area contributed by atoms with Gasteiger partial charge in [-0.2, -0.15) is 11.8 Å². The first-order valence-corrected chi connectivity index (χ1v) is 8.48. The first kappa shape index (κ1) is 14.2. The van der Waals surface area contributed by atoms with E-state index in [4.69, 9.17) is 11.6 Å². The molecule has 0 radical (unpaired) electrons. The molecule has 1 atom stereocenters. The highest BCUT2D eigenvalue weighted by Crippen LogP contribution is 2.26. The number of nitrogens with one attached hydrogen (secondary N) is 1. The van der Waals surface area contributed by atoms with Gasteiger partial charge in [0.1, 0.15) is 0 Å². The van der Waals surface area contributed by atoms with Crippen LogP contribution in [0.15, 0.2) is 4.21 Å². The second-order valence-corrected chi connectivity index (χ2v) is 8.06. The summed E-state index contributed by atoms with van der Waals surface area (Å²) >= 11 is 8.26. The number of aromatic nitrogens is 1. The normalized spacial score (nSPS) is 14.0. The minimum absolute atomic E-state index is 0.200. The molecule has 0 aliphatic carbocycles. The van der Waals surface area contributed by atoms with Gasteiger partial charge in [0.05, 0.1) is 5.69 Å². The number of thioether (sulfide) groups is 1. The van der Waals surface area contributed by atoms with Gasteiger partial charge in [-0.3, -0.25) is 0 Å². The number of sulfonamides is 1. The average Bonchev–Trinajstić information content (AvgIpc) is 2.55. The molecular weight excluding hydrogens is 288 g/mol. The topological polar surface area (TPSA) is 59.1 Å². The maximum Gasteiger partial charge on any atom is 0.252 e. The standard InChI is InChI=1S/C8H13ClN2O2S3/c1-5(14-3)4-10-16(12,13)7-6(2)11-8(9)15-7/h5,10H,4H2,1-3H3. The lowest BCUT2D eigenvalue weighted by Crippen LogP contribution is -2.29. The minimum Gasteiger partial charge on any atom is -0.229 e. The molecule has 0 saturated carbocycles. The van der Waals surface area contributed by atoms with Crippen LogP contribution in [0.4, 0.5) is 0 Å². The van der Waals surface area contributed by atoms with Crippen LogP contribution >= 0.6 is 34.7 Å². The van der Waals surface area contributed by atoms with Gasteiger partial charge in [-0.1, -0.05) is 29.9 Å². The molecule has 0 aliphatic heterocycles. The molecule has 1 aromatic rings. The van der Waals surface area contributed by atoms with Crippen LogP contribution in [0, 0.1) is 6.92 Å². The van der Waals surface area contributed by atoms with Crippen molar-refractivity contribution in [2.75, 3.05) is 12.8 Å². The zero-order valence-electron chi connectivity index (χ0n) is 9.15. The highest BCUT2D eigenvalue weighted by Gasteiger charge is 2.21. The van der Waals surface area contributed by atoms with Gasteiger partial charge in [-0.05, 0) is 13.2 Å². The van der Waals surface area contributed by atoms with Crippen LogP contribution < -0.4 is 4.72 Å². The zero-order chi connectivity index (χ0) is 12.3. The molecule has 0 saturated heterocycles. The largest absolute Gasteiger partial charge is 0.252 e. The summed E-state index contributed by atoms with van der Waals surface area (Å²) in [6, 6.07) is 0. The van der Waals surface area contributed by atoms with Crippen molar-refractivity contribution in [1.29, 1.82) is 0 Å². The van der Waals surface area contributed by atoms with Gasteiger partial charge in [-0.25, -0.2) is 18.1 Å². The van der Waals surface area contributed by atoms with E-state index in [0.717, 1.165) is 11.3 Å². The summed E-state index contributed by atoms with van der Waals surface area (Å²) in [5.41, 5.74) is 0.444. The van der Waals surface area contributed by atoms with Gasteiger partial charge >= 0.3 is 0 Å². The molecule has 0 fully saturated rings. The van der Waals surface area contributed by atoms with E-state index in [1.807, 2.05) is 13.2 Å². The van der Waals surface area contributed by atoms with Crippen LogP contribution in [0.5, 0.6) is 0 Å². The molecule has 1 aromatic heterocycles. The summed E-state index contributed by atoms with van der Waals surface area (Å²) in [5.74, 6) is 0. The monoisotopic (exact) mass is 300 g/mol. The van der Waals surface area contributed by atoms with Crippen molar-refractivity contribution in [3.63, 3.8) is 0 Å². The van der Waals surface area contributed by atoms with Crippen molar-refractivity contribution in [1.82, 2.24) is 9.71 Å². The molecule has 1 unspecified atom stereocenters. The van der Waals surface area contributed by atoms with Crippen LogP contribution in [0.25, 0.3) is 0 Å². The number of hydrogen-bond acceptors (Lipinski definition) is 5. The fraction of sp³-hybridized carbons (Fsp3) is 0.625. The van der Waals surface area contributed by atoms with Crippen molar-refractivity contribution in [3.8, 4) is 0 Å². The first-order chi connectivity index (χ1) is 7.36. The van der Waals surface area contributed by atoms with Gasteiger partial charge in [0.25, 0.3) is 10.0 Å². The van der Waals surface area contributed by atoms with Crippen LogP contribution in [0.3, 0.4) is 0 Å². The molecule has 1 heterocycles. The van der Waals surface area contributed by atoms with Gasteiger partial charge in [0.15, 0.2) is 8.68 Å². The lowest BCUT2D eigenvalue weighted by atomic mass is 10.5. The Morgan fingerprint density at radius 3 is 2.69 bits per heavy atom. The van der Waals surface area contributed by atoms with E-state index in [0.29, 0.717) is 12.2 Å². The van der Waals surface area contributed by atoms with Crippen LogP contribution in [-0.4, -0.2) is 31.5 Å². The number of aryl methyl sites for hydroxylation is 1. The van der Waals surface area contributed by atoms with Gasteiger partial charge < -0.3 is 0 Å². The summed E-state index contributed by atoms with van der Waals surface area (Å²) in [4.78, 5) is 3.88. The Balaban J connectivity index is 2.82. The number of hydrogen-bond donors (Lipinski definition) is 1. The molecule has 0 aliphatic rings. The summed E-state index contributed by atoms with van der Waals surface area (Å²) in [6.45, 7) is 3.99. The first-order valence-electron chi connectivity index (χ1n) is 4.52. The number of rotatable bonds is 5. The van der Waals surface area contributed by atoms with E-state index in [-0.39, 0.29) is 13.9 Å². The fourth-order valence-electron chi connectivity index (χ4n) is 0.976. The summed E-state index contributed by atoms with van der Waals surface area (Å²) in [7, 11) is -3.47. The van der Waals surface area contributed by atoms with E-state index >= 15 is 0 Å². The van der Waals surface area contributed by atoms with Gasteiger partial charge in [0, 0.05) is 11.8 Å². The third-order valence-corrected chi connectivity index (χ3v) is 6.20. The van der Waals surface area contributed by atoms with E-state index in [9.17, 15) is 8.42 Å². The van der Waals surface area contributed by atoms with Crippen LogP contribution in [0.1, 0.15) is 12.6 Å². The molecular formula is C8H13ClN2O2S3. The second kappa shape index (κ2) is 5.68. The number of nitrogens with zero attached hydrogens (tertiary/aromatic N) is 1. The summed E-state index contributed by atoms with van der Waals surface area (Å²) in [5, 5.41) is 0.235. The number of halogens is 1. The Morgan fingerprint density at radius 1 is 1.62 bits per heavy atom. The maximum atomic E-state index is 11.9. The molecule has 0 aromatic carbocycles. The third-order valence-electron chi connectivity index (χ3n) is 1.94. The minimum atomic E-state index is -3.47. The van der Waals surface area contributed by atoms with E-state index in [2.05, 4.69) is 9.71 Å². The maximum absolute atomic E-state index is 11.9. The van der Waals surface area contributed by atoms with Crippen LogP contribution in [0.2, 0.25) is 4.47 Å². The Kier molecular flexibility index (Phi) is 5.06. The molecule has 0 bridgehead atoms. The van der Waals surface area contributed by atoms with E-state index in [1.165, 1.54) is 0 Å². The molecule has 8 heteroatoms. The smallest absolute Gasteiger partial charge is 0.229 e. The Bertz CT molecular complexity index is 458. The molecule has 16 heavy (non-hydrogen) atoms. The average molecular weight is 301 g/mol. The summed E-state index contributed by atoms with van der Waals surface area (Å²) in [6.07, 6.45) is 1.94. The molecule has 0 amide bonds. The van der Waals surface area contributed by atoms with Crippen molar-refractivity contribution < 1.29 is 8.42 Å². The SMILES string of the molecule is CSC(C)CNS(=O)(=O)c1sc(Cl)nc1C. The second-order valence-electron chi connectivity index (χ2n) is 3.24. The Morgan fingerprint density at radius 2 is 2.25 bits per heavy atom. The van der Waals surface area contributed by atoms with Crippen molar-refractivity contribution in [2.45, 2.75) is 23.3 Å². The third kappa shape index (κ3) is 3.59. The predicted octanol–water partition coefficient (Wildman–Crippen LogP) is 2.13. The Hall–Kier alpha value is 0.180. The fourth-order valence-corrected chi connectivity index (χ4v) is 4.24. The van der Waals surface area contributed by atoms with Gasteiger partial charge in [0.2, 0.25) is 0 Å². The highest BCUT2D eigenvalue weighted by molar-refractivity contribution is 7.99. The molecule has 0 spiro atoms. The number of thiazole rings is 1. The summed E-state index contributed by atoms with van der Waals surface area (Å²) < 4.78 is 26.7. The van der Waals surface area contributed by atoms with Crippen molar-refractivity contribution in [3.05, 3.63) is 10.2 Å². The molecule has 4 nitrogen and oxygen atoms in total. The molecule has 1 N–H and O–H groups in total.